The van der Waals surface area contributed by atoms with E-state index in [-0.39, 0.29) is 5.91 Å². The summed E-state index contributed by atoms with van der Waals surface area (Å²) in [5.41, 5.74) is 2.49. The van der Waals surface area contributed by atoms with Crippen molar-refractivity contribution in [2.45, 2.75) is 26.7 Å². The van der Waals surface area contributed by atoms with Gasteiger partial charge in [-0.25, -0.2) is 14.6 Å². The van der Waals surface area contributed by atoms with Crippen LogP contribution < -0.4 is 5.32 Å². The van der Waals surface area contributed by atoms with Crippen molar-refractivity contribution < 1.29 is 4.79 Å². The van der Waals surface area contributed by atoms with Gasteiger partial charge in [0, 0.05) is 31.0 Å². The van der Waals surface area contributed by atoms with E-state index in [1.54, 1.807) is 16.9 Å². The van der Waals surface area contributed by atoms with Crippen molar-refractivity contribution in [3.05, 3.63) is 47.9 Å². The van der Waals surface area contributed by atoms with E-state index in [1.165, 1.54) is 6.42 Å². The number of aromatic nitrogens is 5. The molecule has 0 aliphatic carbocycles. The fourth-order valence-corrected chi connectivity index (χ4v) is 4.42. The molecule has 33 heavy (non-hydrogen) atoms. The number of rotatable bonds is 7. The highest BCUT2D eigenvalue weighted by Gasteiger charge is 2.22. The minimum atomic E-state index is -0.0782. The fraction of sp³-hybridized carbons (Fsp3) is 0.458. The molecule has 4 rings (SSSR count). The Bertz CT molecular complexity index is 1100. The molecule has 3 aromatic rings. The van der Waals surface area contributed by atoms with Gasteiger partial charge in [-0.05, 0) is 71.4 Å². The van der Waals surface area contributed by atoms with Crippen LogP contribution in [0.2, 0.25) is 0 Å². The maximum absolute atomic E-state index is 12.9. The first-order valence-corrected chi connectivity index (χ1v) is 11.4. The molecule has 0 unspecified atom stereocenters. The lowest BCUT2D eigenvalue weighted by Crippen LogP contribution is -2.43. The number of nitrogens with zero attached hydrogens (tertiary/aromatic N) is 7. The van der Waals surface area contributed by atoms with Crippen LogP contribution in [0.25, 0.3) is 17.3 Å². The first kappa shape index (κ1) is 23.0. The number of likely N-dealkylation sites (tertiary alicyclic amines) is 1. The molecule has 0 radical (unpaired) electrons. The van der Waals surface area contributed by atoms with Gasteiger partial charge >= 0.3 is 0 Å². The third kappa shape index (κ3) is 6.00. The lowest BCUT2D eigenvalue weighted by molar-refractivity contribution is -0.117. The number of nitrogens with one attached hydrogen (secondary N) is 1. The van der Waals surface area contributed by atoms with Crippen molar-refractivity contribution in [1.82, 2.24) is 34.5 Å². The van der Waals surface area contributed by atoms with E-state index in [9.17, 15) is 4.79 Å². The minimum Gasteiger partial charge on any atom is -0.309 e. The number of hydrogen-bond acceptors (Lipinski definition) is 7. The van der Waals surface area contributed by atoms with Crippen molar-refractivity contribution in [3.8, 4) is 17.3 Å². The summed E-state index contributed by atoms with van der Waals surface area (Å²) in [6.07, 6.45) is 4.03. The maximum atomic E-state index is 12.9. The molecular formula is C24H32N8O. The third-order valence-corrected chi connectivity index (χ3v) is 5.69. The summed E-state index contributed by atoms with van der Waals surface area (Å²) in [5, 5.41) is 7.52. The lowest BCUT2D eigenvalue weighted by atomic mass is 9.97. The van der Waals surface area contributed by atoms with Crippen molar-refractivity contribution >= 4 is 11.7 Å². The maximum Gasteiger partial charge on any atom is 0.239 e. The second kappa shape index (κ2) is 10.2. The average molecular weight is 449 g/mol. The normalized spacial score (nSPS) is 16.8. The average Bonchev–Trinajstić information content (AvgIpc) is 3.12. The van der Waals surface area contributed by atoms with Crippen molar-refractivity contribution in [2.24, 2.45) is 5.92 Å². The highest BCUT2D eigenvalue weighted by Crippen LogP contribution is 2.20. The summed E-state index contributed by atoms with van der Waals surface area (Å²) < 4.78 is 1.76. The molecule has 174 valence electrons. The van der Waals surface area contributed by atoms with E-state index in [0.717, 1.165) is 37.4 Å². The molecule has 0 spiro atoms. The predicted molar refractivity (Wildman–Crippen MR) is 128 cm³/mol. The molecule has 0 saturated carbocycles. The molecule has 9 nitrogen and oxygen atoms in total. The SMILES string of the molecule is Cc1cc(C)n(-c2cc(NC(=O)CN3CCC[C@H](CN(C)C)C3)nc(-c3ccccn3)n2)n1. The Labute approximate surface area is 194 Å². The van der Waals surface area contributed by atoms with Crippen molar-refractivity contribution in [1.29, 1.82) is 0 Å². The van der Waals surface area contributed by atoms with Gasteiger partial charge in [-0.1, -0.05) is 6.07 Å². The molecule has 1 atom stereocenters. The van der Waals surface area contributed by atoms with Gasteiger partial charge in [0.05, 0.1) is 12.2 Å². The van der Waals surface area contributed by atoms with Crippen LogP contribution in [-0.2, 0) is 4.79 Å². The first-order valence-electron chi connectivity index (χ1n) is 11.4. The van der Waals surface area contributed by atoms with Crippen LogP contribution in [0.15, 0.2) is 36.5 Å². The van der Waals surface area contributed by atoms with E-state index in [1.807, 2.05) is 38.1 Å². The summed E-state index contributed by atoms with van der Waals surface area (Å²) in [6, 6.07) is 9.33. The second-order valence-electron chi connectivity index (χ2n) is 9.04. The first-order chi connectivity index (χ1) is 15.9. The van der Waals surface area contributed by atoms with Crippen LogP contribution in [0.5, 0.6) is 0 Å². The Morgan fingerprint density at radius 2 is 2.06 bits per heavy atom. The zero-order valence-electron chi connectivity index (χ0n) is 19.8. The largest absolute Gasteiger partial charge is 0.309 e. The Morgan fingerprint density at radius 3 is 2.76 bits per heavy atom. The number of piperidine rings is 1. The summed E-state index contributed by atoms with van der Waals surface area (Å²) in [5.74, 6) is 2.00. The third-order valence-electron chi connectivity index (χ3n) is 5.69. The van der Waals surface area contributed by atoms with Gasteiger partial charge in [0.1, 0.15) is 11.5 Å². The van der Waals surface area contributed by atoms with E-state index >= 15 is 0 Å². The highest BCUT2D eigenvalue weighted by atomic mass is 16.2. The predicted octanol–water partition coefficient (Wildman–Crippen LogP) is 2.55. The van der Waals surface area contributed by atoms with Gasteiger partial charge in [0.25, 0.3) is 0 Å². The van der Waals surface area contributed by atoms with Crippen LogP contribution in [-0.4, -0.2) is 80.7 Å². The molecule has 3 aromatic heterocycles. The number of carbonyl (C=O) groups excluding carboxylic acids is 1. The van der Waals surface area contributed by atoms with Crippen LogP contribution in [0.4, 0.5) is 5.82 Å². The quantitative estimate of drug-likeness (QED) is 0.594. The monoisotopic (exact) mass is 448 g/mol. The Morgan fingerprint density at radius 1 is 1.21 bits per heavy atom. The number of pyridine rings is 1. The molecule has 0 bridgehead atoms. The minimum absolute atomic E-state index is 0.0782. The molecule has 4 heterocycles. The number of hydrogen-bond donors (Lipinski definition) is 1. The molecule has 1 N–H and O–H groups in total. The summed E-state index contributed by atoms with van der Waals surface area (Å²) in [6.45, 7) is 7.19. The molecule has 1 fully saturated rings. The van der Waals surface area contributed by atoms with E-state index in [0.29, 0.717) is 35.6 Å². The molecule has 1 amide bonds. The van der Waals surface area contributed by atoms with E-state index in [4.69, 9.17) is 0 Å². The van der Waals surface area contributed by atoms with Crippen molar-refractivity contribution in [3.63, 3.8) is 0 Å². The number of carbonyl (C=O) groups is 1. The number of anilines is 1. The van der Waals surface area contributed by atoms with Crippen molar-refractivity contribution in [2.75, 3.05) is 45.6 Å². The second-order valence-corrected chi connectivity index (χ2v) is 9.04. The Kier molecular flexibility index (Phi) is 7.10. The van der Waals surface area contributed by atoms with Gasteiger partial charge < -0.3 is 10.2 Å². The Hall–Kier alpha value is -3.17. The van der Waals surface area contributed by atoms with Gasteiger partial charge in [0.2, 0.25) is 5.91 Å². The van der Waals surface area contributed by atoms with Crippen LogP contribution in [0.3, 0.4) is 0 Å². The summed E-state index contributed by atoms with van der Waals surface area (Å²) in [4.78, 5) is 31.0. The molecule has 1 aliphatic rings. The topological polar surface area (TPSA) is 92.1 Å². The molecular weight excluding hydrogens is 416 g/mol. The molecule has 0 aromatic carbocycles. The van der Waals surface area contributed by atoms with Crippen LogP contribution in [0.1, 0.15) is 24.2 Å². The zero-order chi connectivity index (χ0) is 23.4. The lowest BCUT2D eigenvalue weighted by Gasteiger charge is -2.33. The van der Waals surface area contributed by atoms with Gasteiger partial charge in [0.15, 0.2) is 11.6 Å². The number of amides is 1. The van der Waals surface area contributed by atoms with Gasteiger partial charge in [-0.15, -0.1) is 0 Å². The van der Waals surface area contributed by atoms with Gasteiger partial charge in [-0.3, -0.25) is 14.7 Å². The Balaban J connectivity index is 1.54. The smallest absolute Gasteiger partial charge is 0.239 e. The molecule has 1 saturated heterocycles. The zero-order valence-corrected chi connectivity index (χ0v) is 19.8. The van der Waals surface area contributed by atoms with E-state index in [2.05, 4.69) is 49.3 Å². The van der Waals surface area contributed by atoms with Crippen LogP contribution >= 0.6 is 0 Å². The fourth-order valence-electron chi connectivity index (χ4n) is 4.42. The summed E-state index contributed by atoms with van der Waals surface area (Å²) >= 11 is 0. The molecule has 9 heteroatoms. The molecule has 1 aliphatic heterocycles. The van der Waals surface area contributed by atoms with Gasteiger partial charge in [-0.2, -0.15) is 5.10 Å². The number of aryl methyl sites for hydroxylation is 2. The van der Waals surface area contributed by atoms with Crippen LogP contribution in [0, 0.1) is 19.8 Å². The highest BCUT2D eigenvalue weighted by molar-refractivity contribution is 5.91. The summed E-state index contributed by atoms with van der Waals surface area (Å²) in [7, 11) is 4.20. The standard InChI is InChI=1S/C24H32N8O/c1-17-12-18(2)32(29-17)22-13-21(27-24(28-22)20-9-5-6-10-25-20)26-23(33)16-31-11-7-8-19(15-31)14-30(3)4/h5-6,9-10,12-13,19H,7-8,11,14-16H2,1-4H3,(H,26,27,28,33)/t19-/m1/s1. The van der Waals surface area contributed by atoms with E-state index < -0.39 is 0 Å².